The van der Waals surface area contributed by atoms with Crippen molar-refractivity contribution in [2.45, 2.75) is 32.7 Å². The molecular formula is C13H21FN2. The van der Waals surface area contributed by atoms with Crippen LogP contribution in [0, 0.1) is 5.82 Å². The van der Waals surface area contributed by atoms with Crippen LogP contribution in [0.1, 0.15) is 25.8 Å². The van der Waals surface area contributed by atoms with Crippen molar-refractivity contribution in [1.82, 2.24) is 0 Å². The summed E-state index contributed by atoms with van der Waals surface area (Å²) in [4.78, 5) is 2.15. The molecule has 0 saturated heterocycles. The smallest absolute Gasteiger partial charge is 0.123 e. The number of benzene rings is 1. The van der Waals surface area contributed by atoms with E-state index in [1.54, 1.807) is 6.07 Å². The van der Waals surface area contributed by atoms with Gasteiger partial charge < -0.3 is 10.6 Å². The zero-order valence-electron chi connectivity index (χ0n) is 10.3. The van der Waals surface area contributed by atoms with E-state index in [2.05, 4.69) is 11.8 Å². The van der Waals surface area contributed by atoms with Crippen LogP contribution in [0.2, 0.25) is 0 Å². The van der Waals surface area contributed by atoms with Crippen LogP contribution < -0.4 is 10.6 Å². The van der Waals surface area contributed by atoms with Crippen LogP contribution in [0.4, 0.5) is 10.1 Å². The zero-order valence-corrected chi connectivity index (χ0v) is 10.3. The van der Waals surface area contributed by atoms with E-state index < -0.39 is 0 Å². The van der Waals surface area contributed by atoms with Crippen molar-refractivity contribution in [2.75, 3.05) is 18.5 Å². The summed E-state index contributed by atoms with van der Waals surface area (Å²) in [5.74, 6) is -0.190. The topological polar surface area (TPSA) is 29.3 Å². The summed E-state index contributed by atoms with van der Waals surface area (Å²) >= 11 is 0. The predicted molar refractivity (Wildman–Crippen MR) is 67.3 cm³/mol. The fourth-order valence-corrected chi connectivity index (χ4v) is 1.89. The SMILES string of the molecule is CCCN(C)c1ccc(F)cc1CC(C)N. The Balaban J connectivity index is 2.97. The maximum Gasteiger partial charge on any atom is 0.123 e. The summed E-state index contributed by atoms with van der Waals surface area (Å²) in [5, 5.41) is 0. The maximum absolute atomic E-state index is 13.2. The van der Waals surface area contributed by atoms with Crippen LogP contribution in [-0.2, 0) is 6.42 Å². The van der Waals surface area contributed by atoms with Gasteiger partial charge in [0.05, 0.1) is 0 Å². The highest BCUT2D eigenvalue weighted by molar-refractivity contribution is 5.53. The minimum absolute atomic E-state index is 0.0515. The van der Waals surface area contributed by atoms with Crippen LogP contribution >= 0.6 is 0 Å². The van der Waals surface area contributed by atoms with Crippen molar-refractivity contribution in [2.24, 2.45) is 5.73 Å². The van der Waals surface area contributed by atoms with Crippen molar-refractivity contribution in [3.8, 4) is 0 Å². The minimum Gasteiger partial charge on any atom is -0.374 e. The Labute approximate surface area is 97.3 Å². The first kappa shape index (κ1) is 13.0. The Kier molecular flexibility index (Phi) is 4.74. The minimum atomic E-state index is -0.190. The second kappa shape index (κ2) is 5.85. The lowest BCUT2D eigenvalue weighted by molar-refractivity contribution is 0.622. The first-order valence-corrected chi connectivity index (χ1v) is 5.79. The van der Waals surface area contributed by atoms with E-state index in [0.29, 0.717) is 6.42 Å². The Morgan fingerprint density at radius 1 is 1.44 bits per heavy atom. The van der Waals surface area contributed by atoms with Gasteiger partial charge in [-0.2, -0.15) is 0 Å². The molecule has 0 radical (unpaired) electrons. The molecule has 0 spiro atoms. The quantitative estimate of drug-likeness (QED) is 0.833. The van der Waals surface area contributed by atoms with Crippen LogP contribution in [0.25, 0.3) is 0 Å². The van der Waals surface area contributed by atoms with Gasteiger partial charge in [0, 0.05) is 25.3 Å². The molecule has 0 saturated carbocycles. The highest BCUT2D eigenvalue weighted by Crippen LogP contribution is 2.22. The molecule has 2 N–H and O–H groups in total. The molecule has 0 amide bonds. The lowest BCUT2D eigenvalue weighted by Crippen LogP contribution is -2.23. The number of anilines is 1. The lowest BCUT2D eigenvalue weighted by Gasteiger charge is -2.22. The summed E-state index contributed by atoms with van der Waals surface area (Å²) in [7, 11) is 2.03. The third kappa shape index (κ3) is 3.49. The van der Waals surface area contributed by atoms with E-state index in [9.17, 15) is 4.39 Å². The molecule has 2 nitrogen and oxygen atoms in total. The standard InChI is InChI=1S/C13H21FN2/c1-4-7-16(3)13-6-5-12(14)9-11(13)8-10(2)15/h5-6,9-10H,4,7-8,15H2,1-3H3. The van der Waals surface area contributed by atoms with Crippen LogP contribution in [0.3, 0.4) is 0 Å². The summed E-state index contributed by atoms with van der Waals surface area (Å²) in [6.45, 7) is 5.04. The first-order valence-electron chi connectivity index (χ1n) is 5.79. The van der Waals surface area contributed by atoms with Crippen molar-refractivity contribution < 1.29 is 4.39 Å². The molecule has 3 heteroatoms. The third-order valence-electron chi connectivity index (χ3n) is 2.55. The molecule has 0 heterocycles. The number of rotatable bonds is 5. The summed E-state index contributed by atoms with van der Waals surface area (Å²) in [6.07, 6.45) is 1.78. The normalized spacial score (nSPS) is 12.6. The van der Waals surface area contributed by atoms with Gasteiger partial charge in [-0.1, -0.05) is 6.92 Å². The lowest BCUT2D eigenvalue weighted by atomic mass is 10.0. The fourth-order valence-electron chi connectivity index (χ4n) is 1.89. The van der Waals surface area contributed by atoms with Crippen molar-refractivity contribution >= 4 is 5.69 Å². The molecule has 0 bridgehead atoms. The Morgan fingerprint density at radius 2 is 2.12 bits per heavy atom. The predicted octanol–water partition coefficient (Wildman–Crippen LogP) is 2.56. The van der Waals surface area contributed by atoms with Crippen LogP contribution in [-0.4, -0.2) is 19.6 Å². The Morgan fingerprint density at radius 3 is 2.69 bits per heavy atom. The average Bonchev–Trinajstić information content (AvgIpc) is 2.16. The van der Waals surface area contributed by atoms with Crippen molar-refractivity contribution in [1.29, 1.82) is 0 Å². The Bertz CT molecular complexity index is 337. The largest absolute Gasteiger partial charge is 0.374 e. The molecule has 0 aromatic heterocycles. The second-order valence-corrected chi connectivity index (χ2v) is 4.38. The van der Waals surface area contributed by atoms with Gasteiger partial charge in [0.1, 0.15) is 5.82 Å². The third-order valence-corrected chi connectivity index (χ3v) is 2.55. The molecule has 1 atom stereocenters. The van der Waals surface area contributed by atoms with Crippen LogP contribution in [0.15, 0.2) is 18.2 Å². The summed E-state index contributed by atoms with van der Waals surface area (Å²) in [6, 6.07) is 4.98. The Hall–Kier alpha value is -1.09. The molecule has 90 valence electrons. The number of hydrogen-bond donors (Lipinski definition) is 1. The number of halogens is 1. The van der Waals surface area contributed by atoms with Gasteiger partial charge >= 0.3 is 0 Å². The van der Waals surface area contributed by atoms with Gasteiger partial charge in [-0.3, -0.25) is 0 Å². The van der Waals surface area contributed by atoms with Crippen LogP contribution in [0.5, 0.6) is 0 Å². The molecule has 1 rings (SSSR count). The number of nitrogens with two attached hydrogens (primary N) is 1. The summed E-state index contributed by atoms with van der Waals surface area (Å²) in [5.41, 5.74) is 7.85. The van der Waals surface area contributed by atoms with Gasteiger partial charge in [-0.05, 0) is 43.5 Å². The molecule has 1 aromatic rings. The van der Waals surface area contributed by atoms with E-state index in [1.165, 1.54) is 6.07 Å². The van der Waals surface area contributed by atoms with E-state index in [4.69, 9.17) is 5.73 Å². The monoisotopic (exact) mass is 224 g/mol. The molecular weight excluding hydrogens is 203 g/mol. The zero-order chi connectivity index (χ0) is 12.1. The molecule has 0 aliphatic carbocycles. The molecule has 0 aliphatic rings. The number of nitrogens with zero attached hydrogens (tertiary/aromatic N) is 1. The van der Waals surface area contributed by atoms with Gasteiger partial charge in [0.15, 0.2) is 0 Å². The van der Waals surface area contributed by atoms with E-state index in [-0.39, 0.29) is 11.9 Å². The van der Waals surface area contributed by atoms with E-state index in [0.717, 1.165) is 24.2 Å². The van der Waals surface area contributed by atoms with Gasteiger partial charge in [0.2, 0.25) is 0 Å². The van der Waals surface area contributed by atoms with Gasteiger partial charge in [0.25, 0.3) is 0 Å². The molecule has 0 aliphatic heterocycles. The van der Waals surface area contributed by atoms with Crippen molar-refractivity contribution in [3.63, 3.8) is 0 Å². The van der Waals surface area contributed by atoms with Gasteiger partial charge in [-0.25, -0.2) is 4.39 Å². The summed E-state index contributed by atoms with van der Waals surface area (Å²) < 4.78 is 13.2. The van der Waals surface area contributed by atoms with Crippen molar-refractivity contribution in [3.05, 3.63) is 29.6 Å². The first-order chi connectivity index (χ1) is 7.54. The molecule has 1 aromatic carbocycles. The average molecular weight is 224 g/mol. The highest BCUT2D eigenvalue weighted by atomic mass is 19.1. The molecule has 0 fully saturated rings. The maximum atomic E-state index is 13.2. The highest BCUT2D eigenvalue weighted by Gasteiger charge is 2.09. The molecule has 1 unspecified atom stereocenters. The second-order valence-electron chi connectivity index (χ2n) is 4.38. The molecule has 16 heavy (non-hydrogen) atoms. The fraction of sp³-hybridized carbons (Fsp3) is 0.538. The van der Waals surface area contributed by atoms with E-state index >= 15 is 0 Å². The van der Waals surface area contributed by atoms with Gasteiger partial charge in [-0.15, -0.1) is 0 Å². The van der Waals surface area contributed by atoms with E-state index in [1.807, 2.05) is 20.0 Å². The number of hydrogen-bond acceptors (Lipinski definition) is 2.